The summed E-state index contributed by atoms with van der Waals surface area (Å²) in [6.07, 6.45) is 3.49. The van der Waals surface area contributed by atoms with Gasteiger partial charge in [0.25, 0.3) is 5.91 Å². The summed E-state index contributed by atoms with van der Waals surface area (Å²) < 4.78 is 0. The molecule has 7 heteroatoms. The van der Waals surface area contributed by atoms with Crippen LogP contribution in [-0.4, -0.2) is 35.5 Å². The molecule has 0 aromatic heterocycles. The standard InChI is InChI=1S/C16H19N5O2/c17-10-11-4-1-2-5-13(11)19-20-15(22)14-6-3-9-21(14)16(23)18-12-7-8-12/h1-2,4-5,12,14,19H,3,6-9H2,(H,18,23)(H,20,22). The fourth-order valence-corrected chi connectivity index (χ4v) is 2.67. The van der Waals surface area contributed by atoms with Gasteiger partial charge in [0.05, 0.1) is 11.3 Å². The number of amides is 3. The van der Waals surface area contributed by atoms with Gasteiger partial charge in [-0.2, -0.15) is 5.26 Å². The Bertz CT molecular complexity index is 650. The van der Waals surface area contributed by atoms with Crippen LogP contribution in [0.25, 0.3) is 0 Å². The van der Waals surface area contributed by atoms with E-state index >= 15 is 0 Å². The molecule has 1 saturated heterocycles. The van der Waals surface area contributed by atoms with E-state index in [0.717, 1.165) is 19.3 Å². The van der Waals surface area contributed by atoms with Crippen LogP contribution in [0.2, 0.25) is 0 Å². The van der Waals surface area contributed by atoms with E-state index in [9.17, 15) is 9.59 Å². The molecular formula is C16H19N5O2. The number of benzene rings is 1. The van der Waals surface area contributed by atoms with Gasteiger partial charge in [-0.3, -0.25) is 15.6 Å². The fraction of sp³-hybridized carbons (Fsp3) is 0.438. The normalized spacial score (nSPS) is 19.8. The second kappa shape index (κ2) is 6.57. The Balaban J connectivity index is 1.58. The minimum absolute atomic E-state index is 0.164. The summed E-state index contributed by atoms with van der Waals surface area (Å²) in [5, 5.41) is 12.0. The number of para-hydroxylation sites is 1. The second-order valence-corrected chi connectivity index (χ2v) is 5.85. The van der Waals surface area contributed by atoms with Gasteiger partial charge in [-0.1, -0.05) is 12.1 Å². The van der Waals surface area contributed by atoms with E-state index < -0.39 is 6.04 Å². The van der Waals surface area contributed by atoms with Crippen LogP contribution >= 0.6 is 0 Å². The molecule has 23 heavy (non-hydrogen) atoms. The molecule has 2 aliphatic rings. The third-order valence-corrected chi connectivity index (χ3v) is 4.09. The van der Waals surface area contributed by atoms with Crippen LogP contribution in [0.4, 0.5) is 10.5 Å². The minimum Gasteiger partial charge on any atom is -0.335 e. The number of rotatable bonds is 4. The summed E-state index contributed by atoms with van der Waals surface area (Å²) in [5.41, 5.74) is 6.36. The molecule has 0 radical (unpaired) electrons. The number of likely N-dealkylation sites (tertiary alicyclic amines) is 1. The van der Waals surface area contributed by atoms with Crippen molar-refractivity contribution in [1.29, 1.82) is 5.26 Å². The Kier molecular flexibility index (Phi) is 4.33. The topological polar surface area (TPSA) is 97.3 Å². The van der Waals surface area contributed by atoms with Crippen molar-refractivity contribution in [3.8, 4) is 6.07 Å². The monoisotopic (exact) mass is 313 g/mol. The number of carbonyl (C=O) groups is 2. The van der Waals surface area contributed by atoms with Crippen molar-refractivity contribution in [2.24, 2.45) is 0 Å². The van der Waals surface area contributed by atoms with Crippen LogP contribution in [0.15, 0.2) is 24.3 Å². The van der Waals surface area contributed by atoms with Gasteiger partial charge in [0.15, 0.2) is 0 Å². The number of hydrazine groups is 1. The summed E-state index contributed by atoms with van der Waals surface area (Å²) in [4.78, 5) is 26.1. The van der Waals surface area contributed by atoms with Crippen LogP contribution in [0.3, 0.4) is 0 Å². The third kappa shape index (κ3) is 3.54. The number of anilines is 1. The molecule has 1 aromatic rings. The van der Waals surface area contributed by atoms with Crippen molar-refractivity contribution < 1.29 is 9.59 Å². The first-order valence-electron chi connectivity index (χ1n) is 7.81. The first-order chi connectivity index (χ1) is 11.2. The van der Waals surface area contributed by atoms with Gasteiger partial charge >= 0.3 is 6.03 Å². The highest BCUT2D eigenvalue weighted by Crippen LogP contribution is 2.22. The average Bonchev–Trinajstić information content (AvgIpc) is 3.24. The number of hydrogen-bond acceptors (Lipinski definition) is 4. The zero-order valence-corrected chi connectivity index (χ0v) is 12.7. The van der Waals surface area contributed by atoms with E-state index in [0.29, 0.717) is 24.2 Å². The van der Waals surface area contributed by atoms with E-state index in [1.54, 1.807) is 29.2 Å². The van der Waals surface area contributed by atoms with E-state index in [2.05, 4.69) is 22.2 Å². The van der Waals surface area contributed by atoms with Crippen molar-refractivity contribution >= 4 is 17.6 Å². The van der Waals surface area contributed by atoms with Crippen LogP contribution in [-0.2, 0) is 4.79 Å². The molecule has 1 atom stereocenters. The minimum atomic E-state index is -0.476. The molecule has 3 N–H and O–H groups in total. The molecule has 120 valence electrons. The Morgan fingerprint density at radius 3 is 2.74 bits per heavy atom. The smallest absolute Gasteiger partial charge is 0.318 e. The number of nitriles is 1. The quantitative estimate of drug-likeness (QED) is 0.731. The van der Waals surface area contributed by atoms with Gasteiger partial charge in [0.2, 0.25) is 0 Å². The largest absolute Gasteiger partial charge is 0.335 e. The predicted octanol–water partition coefficient (Wildman–Crippen LogP) is 1.34. The molecule has 0 bridgehead atoms. The summed E-state index contributed by atoms with van der Waals surface area (Å²) in [6.45, 7) is 0.589. The molecule has 1 heterocycles. The molecular weight excluding hydrogens is 294 g/mol. The first kappa shape index (κ1) is 15.2. The molecule has 3 rings (SSSR count). The summed E-state index contributed by atoms with van der Waals surface area (Å²) in [7, 11) is 0. The average molecular weight is 313 g/mol. The Hall–Kier alpha value is -2.75. The molecule has 1 unspecified atom stereocenters. The van der Waals surface area contributed by atoms with Gasteiger partial charge in [-0.25, -0.2) is 4.79 Å². The fourth-order valence-electron chi connectivity index (χ4n) is 2.67. The van der Waals surface area contributed by atoms with Crippen molar-refractivity contribution in [3.05, 3.63) is 29.8 Å². The lowest BCUT2D eigenvalue weighted by Gasteiger charge is -2.24. The van der Waals surface area contributed by atoms with Crippen molar-refractivity contribution in [3.63, 3.8) is 0 Å². The summed E-state index contributed by atoms with van der Waals surface area (Å²) in [6, 6.07) is 8.60. The summed E-state index contributed by atoms with van der Waals surface area (Å²) in [5.74, 6) is -0.263. The highest BCUT2D eigenvalue weighted by molar-refractivity contribution is 5.88. The van der Waals surface area contributed by atoms with E-state index in [4.69, 9.17) is 5.26 Å². The molecule has 2 fully saturated rings. The maximum atomic E-state index is 12.4. The Labute approximate surface area is 134 Å². The maximum absolute atomic E-state index is 12.4. The van der Waals surface area contributed by atoms with E-state index in [-0.39, 0.29) is 18.0 Å². The highest BCUT2D eigenvalue weighted by atomic mass is 16.2. The highest BCUT2D eigenvalue weighted by Gasteiger charge is 2.36. The zero-order chi connectivity index (χ0) is 16.2. The number of carbonyl (C=O) groups excluding carboxylic acids is 2. The van der Waals surface area contributed by atoms with Crippen molar-refractivity contribution in [2.75, 3.05) is 12.0 Å². The number of hydrogen-bond donors (Lipinski definition) is 3. The van der Waals surface area contributed by atoms with Crippen molar-refractivity contribution in [1.82, 2.24) is 15.6 Å². The second-order valence-electron chi connectivity index (χ2n) is 5.85. The molecule has 1 aliphatic heterocycles. The van der Waals surface area contributed by atoms with Gasteiger partial charge in [-0.15, -0.1) is 0 Å². The third-order valence-electron chi connectivity index (χ3n) is 4.09. The van der Waals surface area contributed by atoms with Crippen LogP contribution < -0.4 is 16.2 Å². The molecule has 1 aromatic carbocycles. The molecule has 3 amide bonds. The Morgan fingerprint density at radius 2 is 2.00 bits per heavy atom. The van der Waals surface area contributed by atoms with Gasteiger partial charge in [-0.05, 0) is 37.8 Å². The van der Waals surface area contributed by atoms with Crippen LogP contribution in [0, 0.1) is 11.3 Å². The predicted molar refractivity (Wildman–Crippen MR) is 84.2 cm³/mol. The van der Waals surface area contributed by atoms with E-state index in [1.807, 2.05) is 0 Å². The van der Waals surface area contributed by atoms with Crippen LogP contribution in [0.1, 0.15) is 31.2 Å². The van der Waals surface area contributed by atoms with Gasteiger partial charge in [0.1, 0.15) is 12.1 Å². The SMILES string of the molecule is N#Cc1ccccc1NNC(=O)C1CCCN1C(=O)NC1CC1. The molecule has 0 spiro atoms. The Morgan fingerprint density at radius 1 is 1.22 bits per heavy atom. The maximum Gasteiger partial charge on any atom is 0.318 e. The van der Waals surface area contributed by atoms with E-state index in [1.165, 1.54) is 0 Å². The lowest BCUT2D eigenvalue weighted by molar-refractivity contribution is -0.124. The first-order valence-corrected chi connectivity index (χ1v) is 7.81. The number of nitrogens with one attached hydrogen (secondary N) is 3. The van der Waals surface area contributed by atoms with Crippen molar-refractivity contribution in [2.45, 2.75) is 37.8 Å². The van der Waals surface area contributed by atoms with Crippen LogP contribution in [0.5, 0.6) is 0 Å². The number of nitrogens with zero attached hydrogens (tertiary/aromatic N) is 2. The lowest BCUT2D eigenvalue weighted by atomic mass is 10.2. The molecule has 7 nitrogen and oxygen atoms in total. The zero-order valence-electron chi connectivity index (χ0n) is 12.7. The van der Waals surface area contributed by atoms with Gasteiger partial charge < -0.3 is 10.2 Å². The summed E-state index contributed by atoms with van der Waals surface area (Å²) >= 11 is 0. The molecule has 1 aliphatic carbocycles. The lowest BCUT2D eigenvalue weighted by Crippen LogP contribution is -2.51. The number of urea groups is 1. The molecule has 1 saturated carbocycles. The van der Waals surface area contributed by atoms with Gasteiger partial charge in [0, 0.05) is 12.6 Å².